The molecule has 0 radical (unpaired) electrons. The number of aryl methyl sites for hydroxylation is 1. The second-order valence-electron chi connectivity index (χ2n) is 5.80. The number of carbonyl (C=O) groups is 1. The molecule has 0 amide bonds. The number of halogens is 1. The van der Waals surface area contributed by atoms with Crippen LogP contribution < -0.4 is 16.2 Å². The van der Waals surface area contributed by atoms with Crippen molar-refractivity contribution < 1.29 is 9.53 Å². The number of rotatable bonds is 5. The van der Waals surface area contributed by atoms with Crippen molar-refractivity contribution in [3.63, 3.8) is 0 Å². The molecule has 2 heterocycles. The topological polar surface area (TPSA) is 77.6 Å². The monoisotopic (exact) mass is 349 g/mol. The number of nitrogens with two attached hydrogens (primary N) is 1. The lowest BCUT2D eigenvalue weighted by atomic mass is 10.0. The van der Waals surface area contributed by atoms with E-state index in [2.05, 4.69) is 0 Å². The number of hydrogen-bond donors (Lipinski definition) is 1. The van der Waals surface area contributed by atoms with Crippen molar-refractivity contribution >= 4 is 27.7 Å². The van der Waals surface area contributed by atoms with Gasteiger partial charge in [-0.1, -0.05) is 6.07 Å². The average molecular weight is 350 g/mol. The summed E-state index contributed by atoms with van der Waals surface area (Å²) in [6.07, 6.45) is 3.17. The van der Waals surface area contributed by atoms with E-state index >= 15 is 0 Å². The van der Waals surface area contributed by atoms with Crippen molar-refractivity contribution in [1.29, 1.82) is 0 Å². The zero-order chi connectivity index (χ0) is 17.1. The summed E-state index contributed by atoms with van der Waals surface area (Å²) in [6, 6.07) is 5.75. The maximum atomic E-state index is 12.6. The third kappa shape index (κ3) is 3.31. The summed E-state index contributed by atoms with van der Waals surface area (Å²) >= 11 is 5.63. The molecule has 7 heteroatoms. The van der Waals surface area contributed by atoms with Gasteiger partial charge in [-0.15, -0.1) is 0 Å². The Bertz CT molecular complexity index is 813. The fourth-order valence-electron chi connectivity index (χ4n) is 2.97. The molecule has 0 saturated carbocycles. The lowest BCUT2D eigenvalue weighted by Gasteiger charge is -2.32. The van der Waals surface area contributed by atoms with Crippen LogP contribution in [0.15, 0.2) is 29.2 Å². The van der Waals surface area contributed by atoms with Crippen LogP contribution in [-0.2, 0) is 11.2 Å². The van der Waals surface area contributed by atoms with E-state index in [9.17, 15) is 9.59 Å². The van der Waals surface area contributed by atoms with Gasteiger partial charge < -0.3 is 15.5 Å². The van der Waals surface area contributed by atoms with Crippen LogP contribution in [0.4, 0.5) is 0 Å². The molecule has 0 bridgehead atoms. The summed E-state index contributed by atoms with van der Waals surface area (Å²) in [5.74, 6) is 0. The molecule has 1 aromatic carbocycles. The molecule has 3 rings (SSSR count). The number of pyridine rings is 1. The third-order valence-electron chi connectivity index (χ3n) is 4.22. The van der Waals surface area contributed by atoms with Crippen molar-refractivity contribution in [3.8, 4) is 0 Å². The number of hydrogen-bond acceptors (Lipinski definition) is 5. The van der Waals surface area contributed by atoms with Crippen LogP contribution in [0.3, 0.4) is 0 Å². The predicted molar refractivity (Wildman–Crippen MR) is 94.5 cm³/mol. The minimum atomic E-state index is -0.740. The zero-order valence-electron chi connectivity index (χ0n) is 13.3. The van der Waals surface area contributed by atoms with Gasteiger partial charge >= 0.3 is 0 Å². The molecule has 0 atom stereocenters. The van der Waals surface area contributed by atoms with Gasteiger partial charge in [0.2, 0.25) is 5.43 Å². The minimum absolute atomic E-state index is 0.00775. The molecular formula is C17H20ClN3O3. The Labute approximate surface area is 144 Å². The van der Waals surface area contributed by atoms with Gasteiger partial charge in [0.05, 0.1) is 31.8 Å². The molecule has 1 aromatic heterocycles. The van der Waals surface area contributed by atoms with Crippen LogP contribution in [0.1, 0.15) is 22.3 Å². The summed E-state index contributed by atoms with van der Waals surface area (Å²) in [5, 5.41) is 1.81. The molecule has 0 spiro atoms. The quantitative estimate of drug-likeness (QED) is 0.822. The molecule has 128 valence electrons. The maximum absolute atomic E-state index is 12.6. The molecule has 2 aromatic rings. The van der Waals surface area contributed by atoms with Crippen molar-refractivity contribution in [3.05, 3.63) is 45.7 Å². The Morgan fingerprint density at radius 2 is 2.04 bits per heavy atom. The van der Waals surface area contributed by atoms with E-state index < -0.39 is 5.24 Å². The first kappa shape index (κ1) is 17.0. The number of benzene rings is 1. The Hall–Kier alpha value is -1.89. The minimum Gasteiger partial charge on any atom is -0.378 e. The molecule has 6 nitrogen and oxygen atoms in total. The first-order valence-corrected chi connectivity index (χ1v) is 8.41. The van der Waals surface area contributed by atoms with E-state index in [-0.39, 0.29) is 11.0 Å². The summed E-state index contributed by atoms with van der Waals surface area (Å²) in [4.78, 5) is 24.3. The fourth-order valence-corrected chi connectivity index (χ4v) is 3.10. The van der Waals surface area contributed by atoms with Gasteiger partial charge in [-0.25, -0.2) is 0 Å². The molecule has 1 saturated heterocycles. The van der Waals surface area contributed by atoms with E-state index in [0.29, 0.717) is 38.2 Å². The first-order chi connectivity index (χ1) is 11.6. The number of carbonyl (C=O) groups excluding carboxylic acids is 1. The highest BCUT2D eigenvalue weighted by Crippen LogP contribution is 2.17. The van der Waals surface area contributed by atoms with E-state index in [1.165, 1.54) is 6.20 Å². The number of fused-ring (bicyclic) bond motifs is 1. The normalized spacial score (nSPS) is 15.0. The van der Waals surface area contributed by atoms with Gasteiger partial charge in [0, 0.05) is 11.6 Å². The largest absolute Gasteiger partial charge is 0.378 e. The maximum Gasteiger partial charge on any atom is 0.257 e. The Morgan fingerprint density at radius 3 is 2.71 bits per heavy atom. The van der Waals surface area contributed by atoms with Crippen LogP contribution in [0.2, 0.25) is 0 Å². The van der Waals surface area contributed by atoms with Crippen LogP contribution in [0.5, 0.6) is 0 Å². The van der Waals surface area contributed by atoms with Gasteiger partial charge in [-0.3, -0.25) is 14.3 Å². The lowest BCUT2D eigenvalue weighted by Crippen LogP contribution is -2.44. The Balaban J connectivity index is 2.17. The molecule has 24 heavy (non-hydrogen) atoms. The lowest BCUT2D eigenvalue weighted by molar-refractivity contribution is 0.107. The van der Waals surface area contributed by atoms with Crippen molar-refractivity contribution in [2.75, 3.05) is 37.9 Å². The van der Waals surface area contributed by atoms with Crippen LogP contribution in [-0.4, -0.2) is 42.8 Å². The summed E-state index contributed by atoms with van der Waals surface area (Å²) < 4.78 is 7.23. The molecule has 0 aliphatic carbocycles. The number of aromatic nitrogens is 1. The average Bonchev–Trinajstić information content (AvgIpc) is 2.61. The zero-order valence-corrected chi connectivity index (χ0v) is 14.1. The van der Waals surface area contributed by atoms with Gasteiger partial charge in [-0.05, 0) is 48.7 Å². The predicted octanol–water partition coefficient (Wildman–Crippen LogP) is 1.24. The molecule has 1 aliphatic rings. The van der Waals surface area contributed by atoms with Crippen molar-refractivity contribution in [2.45, 2.75) is 12.8 Å². The van der Waals surface area contributed by atoms with E-state index in [1.54, 1.807) is 0 Å². The Kier molecular flexibility index (Phi) is 5.18. The smallest absolute Gasteiger partial charge is 0.257 e. The van der Waals surface area contributed by atoms with Gasteiger partial charge in [-0.2, -0.15) is 0 Å². The van der Waals surface area contributed by atoms with Crippen molar-refractivity contribution in [1.82, 2.24) is 4.68 Å². The van der Waals surface area contributed by atoms with E-state index in [4.69, 9.17) is 22.1 Å². The van der Waals surface area contributed by atoms with Gasteiger partial charge in [0.1, 0.15) is 5.56 Å². The number of nitrogens with zero attached hydrogens (tertiary/aromatic N) is 2. The molecule has 1 fully saturated rings. The van der Waals surface area contributed by atoms with E-state index in [0.717, 1.165) is 23.9 Å². The standard InChI is InChI=1S/C17H20ClN3O3/c18-17(23)14-11-21(20-6-8-24-9-7-20)15-4-3-12(2-1-5-19)10-13(15)16(14)22/h3-4,10-11H,1-2,5-9,19H2. The summed E-state index contributed by atoms with van der Waals surface area (Å²) in [5.41, 5.74) is 7.01. The highest BCUT2D eigenvalue weighted by atomic mass is 35.5. The summed E-state index contributed by atoms with van der Waals surface area (Å²) in [7, 11) is 0. The second kappa shape index (κ2) is 7.34. The van der Waals surface area contributed by atoms with Crippen LogP contribution in [0, 0.1) is 0 Å². The molecular weight excluding hydrogens is 330 g/mol. The van der Waals surface area contributed by atoms with Crippen LogP contribution in [0.25, 0.3) is 10.9 Å². The molecule has 2 N–H and O–H groups in total. The fraction of sp³-hybridized carbons (Fsp3) is 0.412. The highest BCUT2D eigenvalue weighted by Gasteiger charge is 2.18. The number of ether oxygens (including phenoxy) is 1. The number of morpholine rings is 1. The van der Waals surface area contributed by atoms with E-state index in [1.807, 2.05) is 27.9 Å². The van der Waals surface area contributed by atoms with Crippen molar-refractivity contribution in [2.24, 2.45) is 5.73 Å². The molecule has 0 unspecified atom stereocenters. The van der Waals surface area contributed by atoms with Gasteiger partial charge in [0.15, 0.2) is 0 Å². The highest BCUT2D eigenvalue weighted by molar-refractivity contribution is 6.67. The first-order valence-electron chi connectivity index (χ1n) is 8.03. The Morgan fingerprint density at radius 1 is 1.29 bits per heavy atom. The SMILES string of the molecule is NCCCc1ccc2c(c1)c(=O)c(C(=O)Cl)cn2N1CCOCC1. The summed E-state index contributed by atoms with van der Waals surface area (Å²) in [6.45, 7) is 3.17. The third-order valence-corrected chi connectivity index (χ3v) is 4.43. The van der Waals surface area contributed by atoms with Crippen LogP contribution >= 0.6 is 11.6 Å². The second-order valence-corrected chi connectivity index (χ2v) is 6.14. The molecule has 1 aliphatic heterocycles. The van der Waals surface area contributed by atoms with Gasteiger partial charge in [0.25, 0.3) is 5.24 Å².